The molecule has 0 aromatic rings. The average Bonchev–Trinajstić information content (AvgIpc) is 2.76. The van der Waals surface area contributed by atoms with Crippen molar-refractivity contribution in [2.24, 2.45) is 50.7 Å². The number of aliphatic hydroxyl groups excluding tert-OH is 2. The monoisotopic (exact) mass is 472 g/mol. The maximum Gasteiger partial charge on any atom is 0.0921 e. The van der Waals surface area contributed by atoms with E-state index in [1.54, 1.807) is 0 Å². The van der Waals surface area contributed by atoms with Gasteiger partial charge in [-0.15, -0.1) is 0 Å². The van der Waals surface area contributed by atoms with Crippen molar-refractivity contribution in [3.8, 4) is 0 Å². The summed E-state index contributed by atoms with van der Waals surface area (Å²) in [6, 6.07) is 0. The molecule has 0 aliphatic heterocycles. The smallest absolute Gasteiger partial charge is 0.0921 e. The second-order valence-corrected chi connectivity index (χ2v) is 15.3. The van der Waals surface area contributed by atoms with Gasteiger partial charge in [-0.05, 0) is 115 Å². The van der Waals surface area contributed by atoms with Crippen LogP contribution in [0.25, 0.3) is 0 Å². The van der Waals surface area contributed by atoms with Crippen LogP contribution in [0.2, 0.25) is 0 Å². The van der Waals surface area contributed by atoms with Crippen molar-refractivity contribution in [2.45, 2.75) is 124 Å². The molecule has 34 heavy (non-hydrogen) atoms. The summed E-state index contributed by atoms with van der Waals surface area (Å²) in [6.45, 7) is 16.9. The Morgan fingerprint density at radius 1 is 0.941 bits per heavy atom. The average molecular weight is 473 g/mol. The van der Waals surface area contributed by atoms with Gasteiger partial charge in [0.15, 0.2) is 0 Å². The second kappa shape index (κ2) is 7.57. The number of allylic oxidation sites excluding steroid dienone is 1. The minimum Gasteiger partial charge on any atom is -0.396 e. The summed E-state index contributed by atoms with van der Waals surface area (Å²) in [5.74, 6) is 2.12. The molecule has 0 saturated heterocycles. The third-order valence-electron chi connectivity index (χ3n) is 13.4. The summed E-state index contributed by atoms with van der Waals surface area (Å²) < 4.78 is 0. The molecule has 8 unspecified atom stereocenters. The van der Waals surface area contributed by atoms with Crippen molar-refractivity contribution in [2.75, 3.05) is 6.61 Å². The van der Waals surface area contributed by atoms with Crippen LogP contribution in [0.5, 0.6) is 0 Å². The van der Waals surface area contributed by atoms with E-state index in [0.29, 0.717) is 30.1 Å². The predicted molar refractivity (Wildman–Crippen MR) is 138 cm³/mol. The Morgan fingerprint density at radius 2 is 1.62 bits per heavy atom. The first kappa shape index (κ1) is 25.3. The van der Waals surface area contributed by atoms with Crippen LogP contribution in [0, 0.1) is 50.7 Å². The van der Waals surface area contributed by atoms with E-state index >= 15 is 0 Å². The second-order valence-electron chi connectivity index (χ2n) is 15.3. The largest absolute Gasteiger partial charge is 0.396 e. The van der Waals surface area contributed by atoms with Crippen LogP contribution in [-0.2, 0) is 0 Å². The number of hydrogen-bond donors (Lipinski definition) is 3. The molecule has 0 radical (unpaired) electrons. The predicted octanol–water partition coefficient (Wildman–Crippen LogP) is 6.50. The Balaban J connectivity index is 1.59. The number of hydrogen-bond acceptors (Lipinski definition) is 3. The lowest BCUT2D eigenvalue weighted by Gasteiger charge is -2.72. The summed E-state index contributed by atoms with van der Waals surface area (Å²) >= 11 is 0. The van der Waals surface area contributed by atoms with Gasteiger partial charge in [-0.1, -0.05) is 54.5 Å². The molecule has 194 valence electrons. The van der Waals surface area contributed by atoms with Crippen molar-refractivity contribution >= 4 is 0 Å². The highest BCUT2D eigenvalue weighted by Gasteiger charge is 2.70. The van der Waals surface area contributed by atoms with E-state index in [9.17, 15) is 15.3 Å². The summed E-state index contributed by atoms with van der Waals surface area (Å²) in [6.07, 6.45) is 12.8. The molecule has 0 heterocycles. The minimum atomic E-state index is -0.815. The molecule has 10 atom stereocenters. The number of fused-ring (bicyclic) bond motifs is 7. The molecule has 3 nitrogen and oxygen atoms in total. The standard InChI is InChI=1S/C31H52O3/c1-20(2)25-21-10-13-29(6)23(28(21,5)12-11-22(25)33)8-9-24-30(29,7)17-16-27(4)15-14-26(3,19-32)18-31(24,27)34/h9,20-23,25,32-34H,8,10-19H2,1-7H3/t21?,22?,23?,25?,26-,27?,28?,29?,30+,31?/m0/s1. The van der Waals surface area contributed by atoms with Crippen molar-refractivity contribution in [1.29, 1.82) is 0 Å². The van der Waals surface area contributed by atoms with Gasteiger partial charge < -0.3 is 15.3 Å². The van der Waals surface area contributed by atoms with Crippen molar-refractivity contribution < 1.29 is 15.3 Å². The van der Waals surface area contributed by atoms with Crippen molar-refractivity contribution in [1.82, 2.24) is 0 Å². The van der Waals surface area contributed by atoms with Gasteiger partial charge >= 0.3 is 0 Å². The molecule has 0 aromatic carbocycles. The number of rotatable bonds is 2. The molecule has 3 N–H and O–H groups in total. The first-order chi connectivity index (χ1) is 15.7. The molecular weight excluding hydrogens is 420 g/mol. The molecule has 5 aliphatic carbocycles. The zero-order valence-corrected chi connectivity index (χ0v) is 23.1. The van der Waals surface area contributed by atoms with Crippen LogP contribution < -0.4 is 0 Å². The quantitative estimate of drug-likeness (QED) is 0.402. The molecule has 4 fully saturated rings. The molecular formula is C31H52O3. The highest BCUT2D eigenvalue weighted by Crippen LogP contribution is 2.75. The van der Waals surface area contributed by atoms with Crippen LogP contribution in [0.3, 0.4) is 0 Å². The fourth-order valence-corrected chi connectivity index (χ4v) is 10.9. The van der Waals surface area contributed by atoms with E-state index < -0.39 is 5.60 Å². The van der Waals surface area contributed by atoms with Gasteiger partial charge in [-0.3, -0.25) is 0 Å². The normalized spacial score (nSPS) is 57.2. The van der Waals surface area contributed by atoms with Crippen LogP contribution in [0.1, 0.15) is 113 Å². The Kier molecular flexibility index (Phi) is 5.63. The molecule has 0 bridgehead atoms. The molecule has 0 spiro atoms. The van der Waals surface area contributed by atoms with E-state index in [4.69, 9.17) is 0 Å². The Labute approximate surface area is 208 Å². The first-order valence-electron chi connectivity index (χ1n) is 14.4. The highest BCUT2D eigenvalue weighted by molar-refractivity contribution is 5.39. The van der Waals surface area contributed by atoms with Gasteiger partial charge in [0.2, 0.25) is 0 Å². The third-order valence-corrected chi connectivity index (χ3v) is 13.4. The van der Waals surface area contributed by atoms with E-state index in [-0.39, 0.29) is 39.8 Å². The van der Waals surface area contributed by atoms with Crippen LogP contribution in [-0.4, -0.2) is 33.6 Å². The SMILES string of the molecule is CC(C)C1C(O)CCC2(C)C1CCC1(C)C2CC=C2C3(O)C[C@@](C)(CO)CCC3(C)CC[C@]21C. The Morgan fingerprint density at radius 3 is 2.26 bits per heavy atom. The van der Waals surface area contributed by atoms with Crippen molar-refractivity contribution in [3.63, 3.8) is 0 Å². The van der Waals surface area contributed by atoms with Gasteiger partial charge in [-0.2, -0.15) is 0 Å². The number of aliphatic hydroxyl groups is 3. The molecule has 5 rings (SSSR count). The summed E-state index contributed by atoms with van der Waals surface area (Å²) in [5, 5.41) is 33.8. The zero-order valence-electron chi connectivity index (χ0n) is 23.1. The van der Waals surface area contributed by atoms with Gasteiger partial charge in [0, 0.05) is 12.0 Å². The highest BCUT2D eigenvalue weighted by atomic mass is 16.3. The van der Waals surface area contributed by atoms with Crippen LogP contribution in [0.4, 0.5) is 0 Å². The lowest BCUT2D eigenvalue weighted by atomic mass is 9.33. The van der Waals surface area contributed by atoms with E-state index in [2.05, 4.69) is 54.5 Å². The Bertz CT molecular complexity index is 865. The van der Waals surface area contributed by atoms with E-state index in [1.807, 2.05) is 0 Å². The molecule has 0 amide bonds. The van der Waals surface area contributed by atoms with E-state index in [1.165, 1.54) is 18.4 Å². The fourth-order valence-electron chi connectivity index (χ4n) is 10.9. The van der Waals surface area contributed by atoms with Gasteiger partial charge in [0.1, 0.15) is 0 Å². The van der Waals surface area contributed by atoms with Gasteiger partial charge in [0.05, 0.1) is 11.7 Å². The molecule has 3 heteroatoms. The fraction of sp³-hybridized carbons (Fsp3) is 0.935. The summed E-state index contributed by atoms with van der Waals surface area (Å²) in [7, 11) is 0. The molecule has 4 saturated carbocycles. The summed E-state index contributed by atoms with van der Waals surface area (Å²) in [4.78, 5) is 0. The van der Waals surface area contributed by atoms with Crippen molar-refractivity contribution in [3.05, 3.63) is 11.6 Å². The molecule has 5 aliphatic rings. The van der Waals surface area contributed by atoms with Gasteiger partial charge in [-0.25, -0.2) is 0 Å². The summed E-state index contributed by atoms with van der Waals surface area (Å²) in [5.41, 5.74) is 0.635. The van der Waals surface area contributed by atoms with Gasteiger partial charge in [0.25, 0.3) is 0 Å². The topological polar surface area (TPSA) is 60.7 Å². The maximum atomic E-state index is 12.6. The van der Waals surface area contributed by atoms with Crippen LogP contribution >= 0.6 is 0 Å². The molecule has 0 aromatic heterocycles. The van der Waals surface area contributed by atoms with Crippen LogP contribution in [0.15, 0.2) is 11.6 Å². The zero-order chi connectivity index (χ0) is 24.9. The Hall–Kier alpha value is -0.380. The first-order valence-corrected chi connectivity index (χ1v) is 14.4. The lowest BCUT2D eigenvalue weighted by molar-refractivity contribution is -0.214. The third kappa shape index (κ3) is 2.99. The van der Waals surface area contributed by atoms with E-state index in [0.717, 1.165) is 44.9 Å². The maximum absolute atomic E-state index is 12.6. The minimum absolute atomic E-state index is 0.00471. The lowest BCUT2D eigenvalue weighted by Crippen LogP contribution is -2.68.